The van der Waals surface area contributed by atoms with E-state index in [1.54, 1.807) is 23.0 Å². The maximum atomic E-state index is 9.05. The zero-order valence-electron chi connectivity index (χ0n) is 4.71. The Morgan fingerprint density at radius 2 is 2.10 bits per heavy atom. The third kappa shape index (κ3) is 15.7. The summed E-state index contributed by atoms with van der Waals surface area (Å²) in [6, 6.07) is 0. The average molecular weight is 199 g/mol. The van der Waals surface area contributed by atoms with Gasteiger partial charge in [0.2, 0.25) is 0 Å². The lowest BCUT2D eigenvalue weighted by molar-refractivity contribution is 0.503. The second-order valence-electron chi connectivity index (χ2n) is 1.12. The Kier molecular flexibility index (Phi) is 4.62. The highest BCUT2D eigenvalue weighted by molar-refractivity contribution is 8.61. The summed E-state index contributed by atoms with van der Waals surface area (Å²) in [5.74, 6) is 0. The molecule has 10 heavy (non-hydrogen) atoms. The monoisotopic (exact) mass is 199 g/mol. The van der Waals surface area contributed by atoms with E-state index in [1.165, 1.54) is 0 Å². The Bertz CT molecular complexity index is 215. The normalized spacial score (nSPS) is 9.80. The lowest BCUT2D eigenvalue weighted by atomic mass is 11.0. The largest absolute Gasteiger partial charge is 0.316 e. The van der Waals surface area contributed by atoms with Crippen LogP contribution in [0, 0.1) is 0 Å². The minimum Gasteiger partial charge on any atom is -0.277 e. The van der Waals surface area contributed by atoms with E-state index >= 15 is 0 Å². The van der Waals surface area contributed by atoms with Gasteiger partial charge in [0.05, 0.1) is 5.51 Å². The van der Waals surface area contributed by atoms with Crippen LogP contribution in [0.5, 0.6) is 0 Å². The molecule has 0 saturated carbocycles. The molecular weight excluding hydrogens is 194 g/mol. The predicted octanol–water partition coefficient (Wildman–Crippen LogP) is 0.862. The summed E-state index contributed by atoms with van der Waals surface area (Å²) < 4.78 is 25.5. The van der Waals surface area contributed by atoms with E-state index < -0.39 is 9.15 Å². The van der Waals surface area contributed by atoms with Crippen LogP contribution in [-0.4, -0.2) is 18.0 Å². The minimum absolute atomic E-state index is 1.60. The van der Waals surface area contributed by atoms with Crippen molar-refractivity contribution in [1.82, 2.24) is 4.98 Å². The number of hydrogen-bond donors (Lipinski definition) is 2. The van der Waals surface area contributed by atoms with Gasteiger partial charge in [0.1, 0.15) is 0 Å². The number of hydrogen-bond acceptors (Lipinski definition) is 4. The smallest absolute Gasteiger partial charge is 0.277 e. The molecule has 1 rings (SSSR count). The van der Waals surface area contributed by atoms with E-state index in [-0.39, 0.29) is 0 Å². The van der Waals surface area contributed by atoms with Crippen LogP contribution in [0.15, 0.2) is 17.1 Å². The molecule has 0 aromatic carbocycles. The quantitative estimate of drug-likeness (QED) is 0.369. The number of aromatic nitrogens is 1. The van der Waals surface area contributed by atoms with Gasteiger partial charge in [-0.2, -0.15) is 8.42 Å². The van der Waals surface area contributed by atoms with Crippen molar-refractivity contribution < 1.29 is 13.0 Å². The molecule has 0 unspecified atom stereocenters. The minimum atomic E-state index is -3.97. The van der Waals surface area contributed by atoms with Crippen LogP contribution in [0.2, 0.25) is 0 Å². The number of nitrogens with zero attached hydrogens (tertiary/aromatic N) is 1. The van der Waals surface area contributed by atoms with Gasteiger partial charge in [0.25, 0.3) is 0 Å². The molecule has 0 amide bonds. The highest BCUT2D eigenvalue weighted by Gasteiger charge is 1.83. The standard InChI is InChI=1S/C3H3NS.H2O3S2/c1-2-5-3-4-1;1-5(2,3)4/h1-3H;(H2,1,2,3,4). The Hall–Kier alpha value is -0.110. The van der Waals surface area contributed by atoms with Crippen LogP contribution in [0.4, 0.5) is 0 Å². The highest BCUT2D eigenvalue weighted by atomic mass is 33.1. The lowest BCUT2D eigenvalue weighted by Gasteiger charge is -1.67. The first-order valence-electron chi connectivity index (χ1n) is 2.02. The molecule has 0 saturated heterocycles. The van der Waals surface area contributed by atoms with Gasteiger partial charge in [-0.05, 0) is 11.7 Å². The van der Waals surface area contributed by atoms with E-state index in [2.05, 4.69) is 16.6 Å². The molecule has 7 heteroatoms. The first-order valence-corrected chi connectivity index (χ1v) is 5.45. The molecule has 0 radical (unpaired) electrons. The molecule has 1 heterocycles. The molecule has 0 atom stereocenters. The third-order valence-corrected chi connectivity index (χ3v) is 0.869. The van der Waals surface area contributed by atoms with E-state index in [4.69, 9.17) is 13.0 Å². The molecule has 1 aromatic heterocycles. The molecule has 0 bridgehead atoms. The molecular formula is C3H5NO3S3. The summed E-state index contributed by atoms with van der Waals surface area (Å²) in [4.78, 5) is 3.74. The average Bonchev–Trinajstić information content (AvgIpc) is 2.07. The SMILES string of the molecule is O=S(=O)(O)S.c1cscn1. The fraction of sp³-hybridized carbons (Fsp3) is 0. The third-order valence-electron chi connectivity index (χ3n) is 0.347. The molecule has 0 aliphatic rings. The molecule has 0 aliphatic heterocycles. The van der Waals surface area contributed by atoms with Crippen molar-refractivity contribution in [2.24, 2.45) is 0 Å². The van der Waals surface area contributed by atoms with Crippen LogP contribution in [0.1, 0.15) is 0 Å². The summed E-state index contributed by atoms with van der Waals surface area (Å²) in [6.07, 6.45) is 1.77. The summed E-state index contributed by atoms with van der Waals surface area (Å²) >= 11 is 4.25. The van der Waals surface area contributed by atoms with Gasteiger partial charge in [-0.1, -0.05) is 0 Å². The van der Waals surface area contributed by atoms with Crippen molar-refractivity contribution in [1.29, 1.82) is 0 Å². The summed E-state index contributed by atoms with van der Waals surface area (Å²) in [5.41, 5.74) is 1.79. The predicted molar refractivity (Wildman–Crippen MR) is 42.6 cm³/mol. The van der Waals surface area contributed by atoms with Crippen LogP contribution in [-0.2, 0) is 9.15 Å². The van der Waals surface area contributed by atoms with Gasteiger partial charge in [-0.15, -0.1) is 11.3 Å². The number of thiol groups is 1. The molecule has 0 fully saturated rings. The Labute approximate surface area is 67.5 Å². The van der Waals surface area contributed by atoms with Gasteiger partial charge >= 0.3 is 9.15 Å². The van der Waals surface area contributed by atoms with Gasteiger partial charge in [0, 0.05) is 11.6 Å². The first-order chi connectivity index (χ1) is 4.50. The van der Waals surface area contributed by atoms with Gasteiger partial charge in [-0.25, -0.2) is 0 Å². The van der Waals surface area contributed by atoms with E-state index in [0.29, 0.717) is 0 Å². The van der Waals surface area contributed by atoms with Crippen molar-refractivity contribution in [2.75, 3.05) is 0 Å². The second-order valence-corrected chi connectivity index (χ2v) is 4.16. The van der Waals surface area contributed by atoms with Crippen LogP contribution < -0.4 is 0 Å². The zero-order chi connectivity index (χ0) is 8.04. The van der Waals surface area contributed by atoms with Crippen molar-refractivity contribution in [2.45, 2.75) is 0 Å². The van der Waals surface area contributed by atoms with Crippen LogP contribution >= 0.6 is 23.0 Å². The molecule has 58 valence electrons. The highest BCUT2D eigenvalue weighted by Crippen LogP contribution is 1.85. The Morgan fingerprint density at radius 1 is 1.60 bits per heavy atom. The fourth-order valence-electron chi connectivity index (χ4n) is 0.176. The molecule has 0 aliphatic carbocycles. The lowest BCUT2D eigenvalue weighted by Crippen LogP contribution is -1.78. The van der Waals surface area contributed by atoms with Crippen molar-refractivity contribution in [3.8, 4) is 0 Å². The van der Waals surface area contributed by atoms with Crippen molar-refractivity contribution in [3.05, 3.63) is 17.1 Å². The topological polar surface area (TPSA) is 67.3 Å². The second kappa shape index (κ2) is 4.67. The fourth-order valence-corrected chi connectivity index (χ4v) is 0.527. The van der Waals surface area contributed by atoms with Crippen LogP contribution in [0.3, 0.4) is 0 Å². The van der Waals surface area contributed by atoms with Crippen molar-refractivity contribution in [3.63, 3.8) is 0 Å². The first kappa shape index (κ1) is 9.89. The van der Waals surface area contributed by atoms with Gasteiger partial charge in [0.15, 0.2) is 0 Å². The Morgan fingerprint density at radius 3 is 2.20 bits per heavy atom. The van der Waals surface area contributed by atoms with Crippen molar-refractivity contribution >= 4 is 32.1 Å². The summed E-state index contributed by atoms with van der Waals surface area (Å²) in [7, 11) is -3.97. The molecule has 0 spiro atoms. The summed E-state index contributed by atoms with van der Waals surface area (Å²) in [6.45, 7) is 0. The molecule has 1 aromatic rings. The van der Waals surface area contributed by atoms with E-state index in [9.17, 15) is 0 Å². The molecule has 4 nitrogen and oxygen atoms in total. The zero-order valence-corrected chi connectivity index (χ0v) is 7.23. The maximum Gasteiger partial charge on any atom is 0.316 e. The molecule has 1 N–H and O–H groups in total. The van der Waals surface area contributed by atoms with Crippen LogP contribution in [0.25, 0.3) is 0 Å². The summed E-state index contributed by atoms with van der Waals surface area (Å²) in [5, 5.41) is 1.93. The van der Waals surface area contributed by atoms with Gasteiger partial charge < -0.3 is 0 Å². The maximum absolute atomic E-state index is 9.05. The van der Waals surface area contributed by atoms with E-state index in [1.807, 2.05) is 5.38 Å². The number of rotatable bonds is 0. The Balaban J connectivity index is 0.000000162. The van der Waals surface area contributed by atoms with Gasteiger partial charge in [-0.3, -0.25) is 9.54 Å². The van der Waals surface area contributed by atoms with E-state index in [0.717, 1.165) is 0 Å². The number of thiazole rings is 1.